The number of hydrogen-bond donors (Lipinski definition) is 1. The molecule has 0 fully saturated rings. The predicted octanol–water partition coefficient (Wildman–Crippen LogP) is 3.01. The van der Waals surface area contributed by atoms with Gasteiger partial charge >= 0.3 is 11.9 Å². The largest absolute Gasteiger partial charge is 0.493 e. The lowest BCUT2D eigenvalue weighted by Gasteiger charge is -2.08. The predicted molar refractivity (Wildman–Crippen MR) is 80.2 cm³/mol. The van der Waals surface area contributed by atoms with E-state index in [9.17, 15) is 9.59 Å². The Morgan fingerprint density at radius 2 is 1.50 bits per heavy atom. The molecular formula is C17H16O5. The summed E-state index contributed by atoms with van der Waals surface area (Å²) >= 11 is 0. The van der Waals surface area contributed by atoms with Crippen molar-refractivity contribution >= 4 is 11.9 Å². The Balaban J connectivity index is 1.78. The number of carboxylic acids is 1. The number of rotatable bonds is 7. The van der Waals surface area contributed by atoms with Crippen molar-refractivity contribution < 1.29 is 24.2 Å². The van der Waals surface area contributed by atoms with Gasteiger partial charge in [-0.3, -0.25) is 0 Å². The average Bonchev–Trinajstić information content (AvgIpc) is 2.55. The minimum absolute atomic E-state index is 0.0546. The minimum atomic E-state index is -1.15. The summed E-state index contributed by atoms with van der Waals surface area (Å²) in [7, 11) is 0. The standard InChI is InChI=1S/C17H16O5/c18-16(19)14-9-4-5-10-15(14)17(20)22-12-6-11-21-13-7-2-1-3-8-13/h1-5,7-10H,6,11-12H2,(H,18,19). The van der Waals surface area contributed by atoms with Gasteiger partial charge in [-0.05, 0) is 24.3 Å². The van der Waals surface area contributed by atoms with Gasteiger partial charge in [-0.15, -0.1) is 0 Å². The van der Waals surface area contributed by atoms with Crippen LogP contribution in [0.25, 0.3) is 0 Å². The van der Waals surface area contributed by atoms with E-state index in [1.165, 1.54) is 12.1 Å². The fourth-order valence-corrected chi connectivity index (χ4v) is 1.86. The van der Waals surface area contributed by atoms with E-state index in [-0.39, 0.29) is 17.7 Å². The molecule has 0 saturated heterocycles. The molecule has 0 aromatic heterocycles. The molecule has 2 aromatic rings. The zero-order valence-corrected chi connectivity index (χ0v) is 11.9. The van der Waals surface area contributed by atoms with Crippen LogP contribution in [0.15, 0.2) is 54.6 Å². The number of esters is 1. The molecule has 2 aromatic carbocycles. The Kier molecular flexibility index (Phi) is 5.54. The molecule has 0 radical (unpaired) electrons. The second-order valence-corrected chi connectivity index (χ2v) is 4.50. The summed E-state index contributed by atoms with van der Waals surface area (Å²) in [5.74, 6) is -1.04. The Labute approximate surface area is 128 Å². The maximum Gasteiger partial charge on any atom is 0.339 e. The van der Waals surface area contributed by atoms with Crippen LogP contribution in [0, 0.1) is 0 Å². The topological polar surface area (TPSA) is 72.8 Å². The van der Waals surface area contributed by atoms with Crippen LogP contribution >= 0.6 is 0 Å². The van der Waals surface area contributed by atoms with Crippen LogP contribution in [-0.4, -0.2) is 30.3 Å². The van der Waals surface area contributed by atoms with Gasteiger partial charge in [-0.1, -0.05) is 30.3 Å². The molecule has 0 amide bonds. The van der Waals surface area contributed by atoms with Gasteiger partial charge in [0.25, 0.3) is 0 Å². The van der Waals surface area contributed by atoms with Crippen molar-refractivity contribution in [3.8, 4) is 5.75 Å². The molecule has 5 nitrogen and oxygen atoms in total. The van der Waals surface area contributed by atoms with Crippen molar-refractivity contribution in [2.24, 2.45) is 0 Å². The average molecular weight is 300 g/mol. The maximum absolute atomic E-state index is 11.9. The van der Waals surface area contributed by atoms with Crippen LogP contribution in [0.3, 0.4) is 0 Å². The number of hydrogen-bond acceptors (Lipinski definition) is 4. The van der Waals surface area contributed by atoms with Crippen LogP contribution in [0.4, 0.5) is 0 Å². The fraction of sp³-hybridized carbons (Fsp3) is 0.176. The molecule has 2 rings (SSSR count). The third kappa shape index (κ3) is 4.34. The van der Waals surface area contributed by atoms with E-state index < -0.39 is 11.9 Å². The monoisotopic (exact) mass is 300 g/mol. The summed E-state index contributed by atoms with van der Waals surface area (Å²) < 4.78 is 10.5. The molecule has 0 unspecified atom stereocenters. The number of aromatic carboxylic acids is 1. The van der Waals surface area contributed by atoms with E-state index in [0.717, 1.165) is 5.75 Å². The van der Waals surface area contributed by atoms with Crippen molar-refractivity contribution in [1.82, 2.24) is 0 Å². The first-order valence-corrected chi connectivity index (χ1v) is 6.86. The summed E-state index contributed by atoms with van der Waals surface area (Å²) in [6.45, 7) is 0.581. The van der Waals surface area contributed by atoms with E-state index in [4.69, 9.17) is 14.6 Å². The molecule has 0 aliphatic heterocycles. The lowest BCUT2D eigenvalue weighted by molar-refractivity contribution is 0.0476. The van der Waals surface area contributed by atoms with Crippen LogP contribution in [0.5, 0.6) is 5.75 Å². The molecule has 1 N–H and O–H groups in total. The number of ether oxygens (including phenoxy) is 2. The summed E-state index contributed by atoms with van der Waals surface area (Å²) in [4.78, 5) is 22.9. The van der Waals surface area contributed by atoms with Crippen LogP contribution in [-0.2, 0) is 4.74 Å². The Morgan fingerprint density at radius 1 is 0.864 bits per heavy atom. The highest BCUT2D eigenvalue weighted by molar-refractivity contribution is 6.02. The molecule has 0 aliphatic carbocycles. The molecule has 0 saturated carbocycles. The van der Waals surface area contributed by atoms with E-state index >= 15 is 0 Å². The van der Waals surface area contributed by atoms with Gasteiger partial charge in [0, 0.05) is 6.42 Å². The summed E-state index contributed by atoms with van der Waals surface area (Å²) in [6.07, 6.45) is 0.524. The molecule has 22 heavy (non-hydrogen) atoms. The third-order valence-corrected chi connectivity index (χ3v) is 2.91. The number of para-hydroxylation sites is 1. The zero-order valence-electron chi connectivity index (χ0n) is 11.9. The number of carboxylic acid groups (broad SMARTS) is 1. The molecule has 114 valence electrons. The highest BCUT2D eigenvalue weighted by Gasteiger charge is 2.16. The van der Waals surface area contributed by atoms with E-state index in [1.807, 2.05) is 30.3 Å². The first kappa shape index (κ1) is 15.6. The second-order valence-electron chi connectivity index (χ2n) is 4.50. The van der Waals surface area contributed by atoms with Crippen molar-refractivity contribution in [1.29, 1.82) is 0 Å². The summed E-state index contributed by atoms with van der Waals surface area (Å²) in [6, 6.07) is 15.3. The minimum Gasteiger partial charge on any atom is -0.493 e. The Morgan fingerprint density at radius 3 is 2.18 bits per heavy atom. The zero-order chi connectivity index (χ0) is 15.8. The van der Waals surface area contributed by atoms with Gasteiger partial charge in [-0.25, -0.2) is 9.59 Å². The maximum atomic E-state index is 11.9. The molecule has 0 heterocycles. The van der Waals surface area contributed by atoms with Crippen LogP contribution in [0.2, 0.25) is 0 Å². The van der Waals surface area contributed by atoms with Gasteiger partial charge in [-0.2, -0.15) is 0 Å². The highest BCUT2D eigenvalue weighted by Crippen LogP contribution is 2.11. The Hall–Kier alpha value is -2.82. The van der Waals surface area contributed by atoms with Gasteiger partial charge in [0.15, 0.2) is 0 Å². The first-order chi connectivity index (χ1) is 10.7. The fourth-order valence-electron chi connectivity index (χ4n) is 1.86. The van der Waals surface area contributed by atoms with Crippen LogP contribution in [0.1, 0.15) is 27.1 Å². The van der Waals surface area contributed by atoms with Gasteiger partial charge < -0.3 is 14.6 Å². The number of benzene rings is 2. The highest BCUT2D eigenvalue weighted by atomic mass is 16.5. The smallest absolute Gasteiger partial charge is 0.339 e. The van der Waals surface area contributed by atoms with Crippen molar-refractivity contribution in [3.63, 3.8) is 0 Å². The third-order valence-electron chi connectivity index (χ3n) is 2.91. The lowest BCUT2D eigenvalue weighted by Crippen LogP contribution is -2.13. The van der Waals surface area contributed by atoms with Crippen molar-refractivity contribution in [2.75, 3.05) is 13.2 Å². The van der Waals surface area contributed by atoms with Gasteiger partial charge in [0.05, 0.1) is 24.3 Å². The van der Waals surface area contributed by atoms with Gasteiger partial charge in [0.2, 0.25) is 0 Å². The van der Waals surface area contributed by atoms with E-state index in [0.29, 0.717) is 13.0 Å². The van der Waals surface area contributed by atoms with E-state index in [1.54, 1.807) is 12.1 Å². The molecule has 5 heteroatoms. The van der Waals surface area contributed by atoms with Crippen molar-refractivity contribution in [2.45, 2.75) is 6.42 Å². The van der Waals surface area contributed by atoms with Gasteiger partial charge in [0.1, 0.15) is 5.75 Å². The second kappa shape index (κ2) is 7.83. The summed E-state index contributed by atoms with van der Waals surface area (Å²) in [5.41, 5.74) is -0.00740. The van der Waals surface area contributed by atoms with Crippen LogP contribution < -0.4 is 4.74 Å². The molecule has 0 atom stereocenters. The van der Waals surface area contributed by atoms with Crippen molar-refractivity contribution in [3.05, 3.63) is 65.7 Å². The van der Waals surface area contributed by atoms with E-state index in [2.05, 4.69) is 0 Å². The molecular weight excluding hydrogens is 284 g/mol. The lowest BCUT2D eigenvalue weighted by atomic mass is 10.1. The molecule has 0 aliphatic rings. The summed E-state index contributed by atoms with van der Waals surface area (Å²) in [5, 5.41) is 9.02. The quantitative estimate of drug-likeness (QED) is 0.628. The normalized spacial score (nSPS) is 10.0. The first-order valence-electron chi connectivity index (χ1n) is 6.86. The molecule has 0 spiro atoms. The number of carbonyl (C=O) groups excluding carboxylic acids is 1. The Bertz CT molecular complexity index is 637. The molecule has 0 bridgehead atoms. The number of carbonyl (C=O) groups is 2. The SMILES string of the molecule is O=C(O)c1ccccc1C(=O)OCCCOc1ccccc1.